The molecule has 0 bridgehead atoms. The van der Waals surface area contributed by atoms with Crippen LogP contribution in [0.1, 0.15) is 43.7 Å². The largest absolute Gasteiger partial charge is 0.366 e. The highest BCUT2D eigenvalue weighted by Crippen LogP contribution is 2.25. The first-order chi connectivity index (χ1) is 18.0. The molecular weight excluding hydrogens is 462 g/mol. The van der Waals surface area contributed by atoms with Gasteiger partial charge in [0.15, 0.2) is 5.65 Å². The van der Waals surface area contributed by atoms with Gasteiger partial charge in [-0.05, 0) is 49.1 Å². The van der Waals surface area contributed by atoms with Crippen molar-refractivity contribution in [1.82, 2.24) is 19.5 Å². The van der Waals surface area contributed by atoms with E-state index >= 15 is 0 Å². The SMILES string of the molecule is CC(C)c1cnn2c(NCc3ccccc3)cc(N[C@@H]3CCCN(CC(=O)Nc4cc[c]cc4)C3)nc12. The quantitative estimate of drug-likeness (QED) is 0.309. The third kappa shape index (κ3) is 6.27. The molecule has 37 heavy (non-hydrogen) atoms. The van der Waals surface area contributed by atoms with E-state index in [1.807, 2.05) is 47.1 Å². The molecule has 2 aromatic heterocycles. The second-order valence-electron chi connectivity index (χ2n) is 9.91. The summed E-state index contributed by atoms with van der Waals surface area (Å²) in [5, 5.41) is 14.8. The average molecular weight is 497 g/mol. The van der Waals surface area contributed by atoms with Gasteiger partial charge in [-0.3, -0.25) is 9.69 Å². The van der Waals surface area contributed by atoms with Crippen molar-refractivity contribution in [1.29, 1.82) is 0 Å². The van der Waals surface area contributed by atoms with E-state index in [-0.39, 0.29) is 11.9 Å². The number of piperidine rings is 1. The van der Waals surface area contributed by atoms with Gasteiger partial charge in [-0.25, -0.2) is 4.98 Å². The van der Waals surface area contributed by atoms with Crippen LogP contribution in [0.4, 0.5) is 17.3 Å². The predicted molar refractivity (Wildman–Crippen MR) is 148 cm³/mol. The summed E-state index contributed by atoms with van der Waals surface area (Å²) in [6, 6.07) is 22.8. The van der Waals surface area contributed by atoms with Gasteiger partial charge in [0, 0.05) is 36.4 Å². The zero-order chi connectivity index (χ0) is 25.6. The summed E-state index contributed by atoms with van der Waals surface area (Å²) in [5.74, 6) is 2.03. The lowest BCUT2D eigenvalue weighted by molar-refractivity contribution is -0.117. The number of nitrogens with zero attached hydrogens (tertiary/aromatic N) is 4. The van der Waals surface area contributed by atoms with Crippen LogP contribution in [-0.4, -0.2) is 51.1 Å². The molecular formula is C29H34N7O. The van der Waals surface area contributed by atoms with Gasteiger partial charge < -0.3 is 16.0 Å². The maximum atomic E-state index is 12.6. The molecule has 1 radical (unpaired) electrons. The van der Waals surface area contributed by atoms with E-state index in [2.05, 4.69) is 58.0 Å². The van der Waals surface area contributed by atoms with E-state index in [4.69, 9.17) is 4.98 Å². The Kier molecular flexibility index (Phi) is 7.65. The molecule has 3 N–H and O–H groups in total. The van der Waals surface area contributed by atoms with Crippen LogP contribution < -0.4 is 16.0 Å². The lowest BCUT2D eigenvalue weighted by Crippen LogP contribution is -2.45. The highest BCUT2D eigenvalue weighted by molar-refractivity contribution is 5.92. The Morgan fingerprint density at radius 2 is 1.97 bits per heavy atom. The molecule has 0 spiro atoms. The first-order valence-corrected chi connectivity index (χ1v) is 13.0. The summed E-state index contributed by atoms with van der Waals surface area (Å²) in [7, 11) is 0. The minimum absolute atomic E-state index is 0.000344. The fourth-order valence-corrected chi connectivity index (χ4v) is 4.78. The smallest absolute Gasteiger partial charge is 0.238 e. The maximum absolute atomic E-state index is 12.6. The number of rotatable bonds is 9. The van der Waals surface area contributed by atoms with E-state index in [1.54, 1.807) is 12.1 Å². The summed E-state index contributed by atoms with van der Waals surface area (Å²) in [4.78, 5) is 19.7. The molecule has 1 saturated heterocycles. The van der Waals surface area contributed by atoms with Crippen LogP contribution in [0.5, 0.6) is 0 Å². The van der Waals surface area contributed by atoms with Crippen molar-refractivity contribution in [2.24, 2.45) is 0 Å². The number of carbonyl (C=O) groups excluding carboxylic acids is 1. The molecule has 1 aliphatic rings. The number of aromatic nitrogens is 3. The van der Waals surface area contributed by atoms with Crippen molar-refractivity contribution >= 4 is 28.9 Å². The molecule has 3 heterocycles. The first-order valence-electron chi connectivity index (χ1n) is 13.0. The van der Waals surface area contributed by atoms with Gasteiger partial charge in [0.2, 0.25) is 5.91 Å². The Balaban J connectivity index is 1.29. The fourth-order valence-electron chi connectivity index (χ4n) is 4.78. The molecule has 8 nitrogen and oxygen atoms in total. The summed E-state index contributed by atoms with van der Waals surface area (Å²) >= 11 is 0. The van der Waals surface area contributed by atoms with Crippen molar-refractivity contribution in [3.63, 3.8) is 0 Å². The molecule has 1 aliphatic heterocycles. The summed E-state index contributed by atoms with van der Waals surface area (Å²) in [6.07, 6.45) is 3.97. The Morgan fingerprint density at radius 3 is 2.76 bits per heavy atom. The monoisotopic (exact) mass is 496 g/mol. The number of anilines is 3. The standard InChI is InChI=1S/C29H34N7O/c1-21(2)25-18-31-36-27(30-17-22-10-5-3-6-11-22)16-26(34-29(25)36)32-24-14-9-15-35(19-24)20-28(37)33-23-12-7-4-8-13-23/h3,5-8,10-13,16,18,21,24,30H,9,14-15,17,19-20H2,1-2H3,(H,32,34)(H,33,37)/t24-/m1/s1. The molecule has 0 saturated carbocycles. The van der Waals surface area contributed by atoms with E-state index in [0.717, 1.165) is 54.5 Å². The molecule has 0 aliphatic carbocycles. The van der Waals surface area contributed by atoms with E-state index in [0.29, 0.717) is 19.0 Å². The highest BCUT2D eigenvalue weighted by atomic mass is 16.2. The van der Waals surface area contributed by atoms with Gasteiger partial charge in [0.05, 0.1) is 12.7 Å². The Bertz CT molecular complexity index is 1320. The van der Waals surface area contributed by atoms with Gasteiger partial charge in [0.25, 0.3) is 0 Å². The Labute approximate surface area is 218 Å². The highest BCUT2D eigenvalue weighted by Gasteiger charge is 2.23. The van der Waals surface area contributed by atoms with Crippen molar-refractivity contribution in [2.75, 3.05) is 35.6 Å². The molecule has 8 heteroatoms. The number of nitrogens with one attached hydrogen (secondary N) is 3. The Morgan fingerprint density at radius 1 is 1.16 bits per heavy atom. The van der Waals surface area contributed by atoms with Gasteiger partial charge in [-0.1, -0.05) is 56.3 Å². The van der Waals surface area contributed by atoms with Crippen LogP contribution >= 0.6 is 0 Å². The van der Waals surface area contributed by atoms with Crippen LogP contribution in [0.15, 0.2) is 66.9 Å². The van der Waals surface area contributed by atoms with Crippen LogP contribution in [0, 0.1) is 6.07 Å². The summed E-state index contributed by atoms with van der Waals surface area (Å²) in [6.45, 7) is 7.08. The van der Waals surface area contributed by atoms with E-state index in [9.17, 15) is 4.79 Å². The Hall–Kier alpha value is -3.91. The topological polar surface area (TPSA) is 86.6 Å². The minimum atomic E-state index is -0.000344. The number of benzene rings is 2. The van der Waals surface area contributed by atoms with Gasteiger partial charge >= 0.3 is 0 Å². The first kappa shape index (κ1) is 24.8. The molecule has 0 unspecified atom stereocenters. The molecule has 1 amide bonds. The molecule has 4 aromatic rings. The van der Waals surface area contributed by atoms with Crippen molar-refractivity contribution in [3.8, 4) is 0 Å². The lowest BCUT2D eigenvalue weighted by atomic mass is 10.1. The van der Waals surface area contributed by atoms with Crippen LogP contribution in [0.2, 0.25) is 0 Å². The van der Waals surface area contributed by atoms with E-state index < -0.39 is 0 Å². The number of hydrogen-bond donors (Lipinski definition) is 3. The molecule has 191 valence electrons. The van der Waals surface area contributed by atoms with Crippen LogP contribution in [-0.2, 0) is 11.3 Å². The zero-order valence-corrected chi connectivity index (χ0v) is 21.4. The molecule has 1 atom stereocenters. The second kappa shape index (κ2) is 11.4. The van der Waals surface area contributed by atoms with Crippen molar-refractivity contribution < 1.29 is 4.79 Å². The van der Waals surface area contributed by atoms with Gasteiger partial charge in [-0.2, -0.15) is 9.61 Å². The molecule has 1 fully saturated rings. The summed E-state index contributed by atoms with van der Waals surface area (Å²) < 4.78 is 1.89. The van der Waals surface area contributed by atoms with Crippen molar-refractivity contribution in [2.45, 2.75) is 45.2 Å². The van der Waals surface area contributed by atoms with Gasteiger partial charge in [-0.15, -0.1) is 0 Å². The second-order valence-corrected chi connectivity index (χ2v) is 9.91. The molecule has 2 aromatic carbocycles. The third-order valence-corrected chi connectivity index (χ3v) is 6.66. The predicted octanol–water partition coefficient (Wildman–Crippen LogP) is 4.78. The van der Waals surface area contributed by atoms with E-state index in [1.165, 1.54) is 5.56 Å². The lowest BCUT2D eigenvalue weighted by Gasteiger charge is -2.33. The van der Waals surface area contributed by atoms with Gasteiger partial charge in [0.1, 0.15) is 11.6 Å². The third-order valence-electron chi connectivity index (χ3n) is 6.66. The summed E-state index contributed by atoms with van der Waals surface area (Å²) in [5.41, 5.74) is 3.98. The normalized spacial score (nSPS) is 16.1. The number of carbonyl (C=O) groups is 1. The fraction of sp³-hybridized carbons (Fsp3) is 0.345. The van der Waals surface area contributed by atoms with Crippen LogP contribution in [0.3, 0.4) is 0 Å². The number of likely N-dealkylation sites (tertiary alicyclic amines) is 1. The maximum Gasteiger partial charge on any atom is 0.238 e. The average Bonchev–Trinajstić information content (AvgIpc) is 3.33. The van der Waals surface area contributed by atoms with Crippen molar-refractivity contribution in [3.05, 3.63) is 84.1 Å². The zero-order valence-electron chi connectivity index (χ0n) is 21.4. The number of hydrogen-bond acceptors (Lipinski definition) is 6. The number of fused-ring (bicyclic) bond motifs is 1. The minimum Gasteiger partial charge on any atom is -0.366 e. The molecule has 5 rings (SSSR count). The van der Waals surface area contributed by atoms with Crippen LogP contribution in [0.25, 0.3) is 5.65 Å². The number of amides is 1.